The summed E-state index contributed by atoms with van der Waals surface area (Å²) in [4.78, 5) is 26.5. The molecule has 1 atom stereocenters. The molecular formula is C24H30N2O4. The van der Waals surface area contributed by atoms with Gasteiger partial charge in [0.15, 0.2) is 11.5 Å². The number of hydrogen-bond acceptors (Lipinski definition) is 4. The van der Waals surface area contributed by atoms with Crippen LogP contribution in [0.25, 0.3) is 0 Å². The van der Waals surface area contributed by atoms with Crippen molar-refractivity contribution in [2.45, 2.75) is 52.6 Å². The van der Waals surface area contributed by atoms with E-state index < -0.39 is 6.04 Å². The average molecular weight is 411 g/mol. The number of amides is 2. The van der Waals surface area contributed by atoms with Crippen LogP contribution in [0.3, 0.4) is 0 Å². The number of carbonyl (C=O) groups is 2. The van der Waals surface area contributed by atoms with Gasteiger partial charge in [-0.15, -0.1) is 0 Å². The fourth-order valence-electron chi connectivity index (χ4n) is 3.83. The first kappa shape index (κ1) is 21.7. The van der Waals surface area contributed by atoms with Crippen LogP contribution in [0.5, 0.6) is 11.5 Å². The van der Waals surface area contributed by atoms with Crippen LogP contribution in [0.4, 0.5) is 5.69 Å². The molecule has 0 spiro atoms. The van der Waals surface area contributed by atoms with Crippen molar-refractivity contribution < 1.29 is 19.1 Å². The van der Waals surface area contributed by atoms with E-state index in [1.165, 1.54) is 6.92 Å². The van der Waals surface area contributed by atoms with E-state index in [1.807, 2.05) is 43.3 Å². The molecule has 1 N–H and O–H groups in total. The second-order valence-corrected chi connectivity index (χ2v) is 7.61. The molecule has 1 aliphatic heterocycles. The maximum Gasteiger partial charge on any atom is 0.254 e. The molecule has 160 valence electrons. The first-order valence-electron chi connectivity index (χ1n) is 10.4. The van der Waals surface area contributed by atoms with Crippen molar-refractivity contribution in [3.05, 3.63) is 53.1 Å². The quantitative estimate of drug-likeness (QED) is 0.626. The third-order valence-electron chi connectivity index (χ3n) is 5.28. The summed E-state index contributed by atoms with van der Waals surface area (Å²) in [6, 6.07) is 10.9. The molecule has 0 bridgehead atoms. The maximum atomic E-state index is 13.1. The van der Waals surface area contributed by atoms with Gasteiger partial charge in [-0.05, 0) is 36.6 Å². The van der Waals surface area contributed by atoms with E-state index in [-0.39, 0.29) is 11.8 Å². The van der Waals surface area contributed by atoms with Crippen LogP contribution >= 0.6 is 0 Å². The molecule has 0 aliphatic carbocycles. The third-order valence-corrected chi connectivity index (χ3v) is 5.28. The molecular weight excluding hydrogens is 380 g/mol. The Bertz CT molecular complexity index is 925. The molecule has 0 saturated carbocycles. The number of methoxy groups -OCH3 is 1. The molecule has 1 aliphatic rings. The molecule has 2 aromatic rings. The van der Waals surface area contributed by atoms with E-state index in [4.69, 9.17) is 9.47 Å². The van der Waals surface area contributed by atoms with E-state index in [1.54, 1.807) is 12.0 Å². The van der Waals surface area contributed by atoms with Gasteiger partial charge in [-0.2, -0.15) is 0 Å². The van der Waals surface area contributed by atoms with Crippen molar-refractivity contribution >= 4 is 17.5 Å². The number of rotatable bonds is 9. The van der Waals surface area contributed by atoms with Gasteiger partial charge in [-0.1, -0.05) is 44.0 Å². The van der Waals surface area contributed by atoms with Crippen molar-refractivity contribution in [2.75, 3.05) is 18.6 Å². The minimum absolute atomic E-state index is 0.131. The second kappa shape index (κ2) is 9.65. The number of hydrogen-bond donors (Lipinski definition) is 1. The average Bonchev–Trinajstić information content (AvgIpc) is 2.98. The highest BCUT2D eigenvalue weighted by Gasteiger charge is 2.38. The van der Waals surface area contributed by atoms with E-state index in [0.29, 0.717) is 24.7 Å². The highest BCUT2D eigenvalue weighted by molar-refractivity contribution is 6.06. The minimum Gasteiger partial charge on any atom is -0.493 e. The van der Waals surface area contributed by atoms with E-state index >= 15 is 0 Å². The van der Waals surface area contributed by atoms with Crippen molar-refractivity contribution in [2.24, 2.45) is 0 Å². The Hall–Kier alpha value is -3.02. The fourth-order valence-corrected chi connectivity index (χ4v) is 3.83. The largest absolute Gasteiger partial charge is 0.493 e. The standard InChI is InChI=1S/C24H30N2O4/c1-5-6-7-13-30-20-12-11-18(14-21(20)29-4)15-26-23-16(2)9-8-10-19(23)22(24(26)28)25-17(3)27/h8-12,14,22H,5-7,13,15H2,1-4H3,(H,25,27). The fraction of sp³-hybridized carbons (Fsp3) is 0.417. The van der Waals surface area contributed by atoms with Gasteiger partial charge >= 0.3 is 0 Å². The number of para-hydroxylation sites is 1. The van der Waals surface area contributed by atoms with Gasteiger partial charge in [0, 0.05) is 12.5 Å². The molecule has 2 amide bonds. The smallest absolute Gasteiger partial charge is 0.254 e. The monoisotopic (exact) mass is 410 g/mol. The zero-order valence-electron chi connectivity index (χ0n) is 18.2. The first-order valence-corrected chi connectivity index (χ1v) is 10.4. The van der Waals surface area contributed by atoms with Gasteiger partial charge in [-0.3, -0.25) is 9.59 Å². The lowest BCUT2D eigenvalue weighted by molar-refractivity contribution is -0.126. The molecule has 0 saturated heterocycles. The number of anilines is 1. The van der Waals surface area contributed by atoms with Gasteiger partial charge in [0.2, 0.25) is 5.91 Å². The molecule has 30 heavy (non-hydrogen) atoms. The summed E-state index contributed by atoms with van der Waals surface area (Å²) < 4.78 is 11.4. The Labute approximate surface area is 178 Å². The molecule has 6 heteroatoms. The zero-order valence-corrected chi connectivity index (χ0v) is 18.2. The van der Waals surface area contributed by atoms with Crippen LogP contribution in [0, 0.1) is 6.92 Å². The number of aryl methyl sites for hydroxylation is 1. The van der Waals surface area contributed by atoms with Crippen LogP contribution in [-0.2, 0) is 16.1 Å². The molecule has 6 nitrogen and oxygen atoms in total. The highest BCUT2D eigenvalue weighted by atomic mass is 16.5. The molecule has 0 aromatic heterocycles. The summed E-state index contributed by atoms with van der Waals surface area (Å²) in [5, 5.41) is 2.78. The summed E-state index contributed by atoms with van der Waals surface area (Å²) >= 11 is 0. The minimum atomic E-state index is -0.652. The van der Waals surface area contributed by atoms with Crippen LogP contribution in [0.15, 0.2) is 36.4 Å². The molecule has 1 heterocycles. The first-order chi connectivity index (χ1) is 14.5. The van der Waals surface area contributed by atoms with Gasteiger partial charge in [0.1, 0.15) is 6.04 Å². The highest BCUT2D eigenvalue weighted by Crippen LogP contribution is 2.40. The van der Waals surface area contributed by atoms with Crippen molar-refractivity contribution in [1.82, 2.24) is 5.32 Å². The van der Waals surface area contributed by atoms with Crippen LogP contribution < -0.4 is 19.7 Å². The lowest BCUT2D eigenvalue weighted by Gasteiger charge is -2.20. The topological polar surface area (TPSA) is 67.9 Å². The summed E-state index contributed by atoms with van der Waals surface area (Å²) in [5.41, 5.74) is 3.62. The molecule has 0 fully saturated rings. The van der Waals surface area contributed by atoms with Crippen LogP contribution in [-0.4, -0.2) is 25.5 Å². The van der Waals surface area contributed by atoms with Crippen molar-refractivity contribution in [1.29, 1.82) is 0 Å². The van der Waals surface area contributed by atoms with Gasteiger partial charge in [0.25, 0.3) is 5.91 Å². The Morgan fingerprint density at radius 3 is 2.67 bits per heavy atom. The third kappa shape index (κ3) is 4.58. The summed E-state index contributed by atoms with van der Waals surface area (Å²) in [7, 11) is 1.62. The number of nitrogens with zero attached hydrogens (tertiary/aromatic N) is 1. The van der Waals surface area contributed by atoms with E-state index in [9.17, 15) is 9.59 Å². The predicted molar refractivity (Wildman–Crippen MR) is 117 cm³/mol. The summed E-state index contributed by atoms with van der Waals surface area (Å²) in [6.45, 7) is 6.60. The number of ether oxygens (including phenoxy) is 2. The van der Waals surface area contributed by atoms with Crippen molar-refractivity contribution in [3.8, 4) is 11.5 Å². The lowest BCUT2D eigenvalue weighted by Crippen LogP contribution is -2.36. The molecule has 3 rings (SSSR count). The van der Waals surface area contributed by atoms with Gasteiger partial charge in [0.05, 0.1) is 25.9 Å². The Morgan fingerprint density at radius 1 is 1.17 bits per heavy atom. The Morgan fingerprint density at radius 2 is 1.97 bits per heavy atom. The van der Waals surface area contributed by atoms with Gasteiger partial charge in [-0.25, -0.2) is 0 Å². The second-order valence-electron chi connectivity index (χ2n) is 7.61. The summed E-state index contributed by atoms with van der Waals surface area (Å²) in [5.74, 6) is 0.999. The Kier molecular flexibility index (Phi) is 6.98. The van der Waals surface area contributed by atoms with Crippen LogP contribution in [0.1, 0.15) is 55.8 Å². The lowest BCUT2D eigenvalue weighted by atomic mass is 10.0. The van der Waals surface area contributed by atoms with E-state index in [0.717, 1.165) is 41.6 Å². The number of benzene rings is 2. The predicted octanol–water partition coefficient (Wildman–Crippen LogP) is 4.30. The number of unbranched alkanes of at least 4 members (excludes halogenated alkanes) is 2. The van der Waals surface area contributed by atoms with Crippen LogP contribution in [0.2, 0.25) is 0 Å². The number of nitrogens with one attached hydrogen (secondary N) is 1. The Balaban J connectivity index is 1.83. The van der Waals surface area contributed by atoms with E-state index in [2.05, 4.69) is 12.2 Å². The molecule has 0 radical (unpaired) electrons. The molecule has 2 aromatic carbocycles. The van der Waals surface area contributed by atoms with Gasteiger partial charge < -0.3 is 19.7 Å². The zero-order chi connectivity index (χ0) is 21.7. The summed E-state index contributed by atoms with van der Waals surface area (Å²) in [6.07, 6.45) is 3.28. The normalized spacial score (nSPS) is 15.1. The SMILES string of the molecule is CCCCCOc1ccc(CN2C(=O)C(NC(C)=O)c3cccc(C)c32)cc1OC. The maximum absolute atomic E-state index is 13.1. The number of fused-ring (bicyclic) bond motifs is 1. The molecule has 1 unspecified atom stereocenters. The number of carbonyl (C=O) groups excluding carboxylic acids is 2. The van der Waals surface area contributed by atoms with Crippen molar-refractivity contribution in [3.63, 3.8) is 0 Å².